The molecule has 2 aromatic rings. The van der Waals surface area contributed by atoms with Gasteiger partial charge in [-0.05, 0) is 34.7 Å². The molecule has 0 amide bonds. The van der Waals surface area contributed by atoms with E-state index in [2.05, 4.69) is 20.3 Å². The number of nitrogens with zero attached hydrogens (tertiary/aromatic N) is 4. The van der Waals surface area contributed by atoms with Crippen molar-refractivity contribution in [1.82, 2.24) is 20.2 Å². The zero-order chi connectivity index (χ0) is 18.0. The van der Waals surface area contributed by atoms with Crippen LogP contribution in [0.3, 0.4) is 0 Å². The number of carbonyl (C=O) groups excluding carboxylic acids is 1. The molecule has 1 aromatic heterocycles. The molecule has 0 atom stereocenters. The molecule has 2 rings (SSSR count). The van der Waals surface area contributed by atoms with Gasteiger partial charge in [-0.3, -0.25) is 4.79 Å². The smallest absolute Gasteiger partial charge is 0.406 e. The van der Waals surface area contributed by atoms with Gasteiger partial charge in [0.05, 0.1) is 11.4 Å². The third-order valence-electron chi connectivity index (χ3n) is 2.92. The van der Waals surface area contributed by atoms with Crippen molar-refractivity contribution in [3.63, 3.8) is 0 Å². The Hall–Kier alpha value is -2.10. The summed E-state index contributed by atoms with van der Waals surface area (Å²) in [5.74, 6) is -0.105. The minimum atomic E-state index is -4.75. The van der Waals surface area contributed by atoms with Crippen LogP contribution in [0.2, 0.25) is 0 Å². The summed E-state index contributed by atoms with van der Waals surface area (Å²) in [5.41, 5.74) is -0.0118. The molecule has 10 heteroatoms. The van der Waals surface area contributed by atoms with Gasteiger partial charge in [0.15, 0.2) is 0 Å². The standard InChI is InChI=1S/C14H15F3N4O2S/c1-13(2,3)11(22)8-24-12-18-19-20-21(12)9-4-6-10(7-5-9)23-14(15,16)17/h4-7H,8H2,1-3H3. The van der Waals surface area contributed by atoms with Gasteiger partial charge in [0.1, 0.15) is 11.5 Å². The summed E-state index contributed by atoms with van der Waals surface area (Å²) in [5, 5.41) is 11.5. The predicted octanol–water partition coefficient (Wildman–Crippen LogP) is 3.27. The molecular weight excluding hydrogens is 345 g/mol. The normalized spacial score (nSPS) is 12.2. The van der Waals surface area contributed by atoms with Crippen LogP contribution in [-0.2, 0) is 4.79 Å². The summed E-state index contributed by atoms with van der Waals surface area (Å²) < 4.78 is 41.6. The SMILES string of the molecule is CC(C)(C)C(=O)CSc1nnnn1-c1ccc(OC(F)(F)F)cc1. The third kappa shape index (κ3) is 4.95. The maximum absolute atomic E-state index is 12.2. The summed E-state index contributed by atoms with van der Waals surface area (Å²) in [6.45, 7) is 5.45. The van der Waals surface area contributed by atoms with E-state index in [1.807, 2.05) is 20.8 Å². The Balaban J connectivity index is 2.11. The zero-order valence-corrected chi connectivity index (χ0v) is 14.0. The Labute approximate surface area is 140 Å². The first-order valence-electron chi connectivity index (χ1n) is 6.87. The van der Waals surface area contributed by atoms with Gasteiger partial charge in [-0.1, -0.05) is 32.5 Å². The second kappa shape index (κ2) is 6.80. The number of aromatic nitrogens is 4. The highest BCUT2D eigenvalue weighted by molar-refractivity contribution is 7.99. The zero-order valence-electron chi connectivity index (χ0n) is 13.2. The molecule has 0 saturated heterocycles. The highest BCUT2D eigenvalue weighted by atomic mass is 32.2. The van der Waals surface area contributed by atoms with E-state index >= 15 is 0 Å². The maximum Gasteiger partial charge on any atom is 0.573 e. The minimum absolute atomic E-state index is 0.0379. The van der Waals surface area contributed by atoms with E-state index in [0.29, 0.717) is 10.8 Å². The first-order valence-corrected chi connectivity index (χ1v) is 7.85. The van der Waals surface area contributed by atoms with E-state index in [1.54, 1.807) is 0 Å². The highest BCUT2D eigenvalue weighted by Gasteiger charge is 2.31. The number of benzene rings is 1. The Bertz CT molecular complexity index is 708. The molecule has 0 unspecified atom stereocenters. The topological polar surface area (TPSA) is 69.9 Å². The number of Topliss-reactive ketones (excluding diaryl/α,β-unsaturated/α-hetero) is 1. The Morgan fingerprint density at radius 2 is 1.83 bits per heavy atom. The van der Waals surface area contributed by atoms with Crippen molar-refractivity contribution in [2.75, 3.05) is 5.75 Å². The summed E-state index contributed by atoms with van der Waals surface area (Å²) in [7, 11) is 0. The van der Waals surface area contributed by atoms with E-state index < -0.39 is 11.8 Å². The van der Waals surface area contributed by atoms with Crippen LogP contribution in [0.1, 0.15) is 20.8 Å². The molecular formula is C14H15F3N4O2S. The summed E-state index contributed by atoms with van der Waals surface area (Å²) in [4.78, 5) is 12.0. The largest absolute Gasteiger partial charge is 0.573 e. The predicted molar refractivity (Wildman–Crippen MR) is 81.0 cm³/mol. The van der Waals surface area contributed by atoms with Gasteiger partial charge in [0, 0.05) is 5.41 Å². The fraction of sp³-hybridized carbons (Fsp3) is 0.429. The molecule has 0 radical (unpaired) electrons. The molecule has 0 aliphatic heterocycles. The molecule has 0 aliphatic rings. The van der Waals surface area contributed by atoms with Gasteiger partial charge in [-0.2, -0.15) is 4.68 Å². The molecule has 24 heavy (non-hydrogen) atoms. The van der Waals surface area contributed by atoms with Crippen LogP contribution < -0.4 is 4.74 Å². The van der Waals surface area contributed by atoms with Crippen LogP contribution >= 0.6 is 11.8 Å². The molecule has 0 saturated carbocycles. The molecule has 6 nitrogen and oxygen atoms in total. The maximum atomic E-state index is 12.2. The number of rotatable bonds is 5. The van der Waals surface area contributed by atoms with Gasteiger partial charge in [-0.25, -0.2) is 0 Å². The molecule has 1 aromatic carbocycles. The number of hydrogen-bond donors (Lipinski definition) is 0. The summed E-state index contributed by atoms with van der Waals surface area (Å²) in [6, 6.07) is 5.12. The van der Waals surface area contributed by atoms with Crippen LogP contribution in [0.15, 0.2) is 29.4 Å². The first kappa shape index (κ1) is 18.2. The second-order valence-corrected chi connectivity index (χ2v) is 6.82. The monoisotopic (exact) mass is 360 g/mol. The van der Waals surface area contributed by atoms with E-state index in [9.17, 15) is 18.0 Å². The Morgan fingerprint density at radius 3 is 2.38 bits per heavy atom. The van der Waals surface area contributed by atoms with Crippen LogP contribution in [0.25, 0.3) is 5.69 Å². The Morgan fingerprint density at radius 1 is 1.21 bits per heavy atom. The van der Waals surface area contributed by atoms with E-state index in [4.69, 9.17) is 0 Å². The number of ether oxygens (including phenoxy) is 1. The van der Waals surface area contributed by atoms with Crippen molar-refractivity contribution in [3.05, 3.63) is 24.3 Å². The number of tetrazole rings is 1. The molecule has 0 bridgehead atoms. The lowest BCUT2D eigenvalue weighted by Gasteiger charge is -2.15. The van der Waals surface area contributed by atoms with Crippen molar-refractivity contribution >= 4 is 17.5 Å². The molecule has 0 N–H and O–H groups in total. The van der Waals surface area contributed by atoms with Gasteiger partial charge >= 0.3 is 6.36 Å². The number of ketones is 1. The average Bonchev–Trinajstić information content (AvgIpc) is 2.91. The number of carbonyl (C=O) groups is 1. The molecule has 0 aliphatic carbocycles. The van der Waals surface area contributed by atoms with Crippen molar-refractivity contribution in [2.45, 2.75) is 32.3 Å². The van der Waals surface area contributed by atoms with Crippen LogP contribution in [0.4, 0.5) is 13.2 Å². The van der Waals surface area contributed by atoms with Crippen molar-refractivity contribution in [3.8, 4) is 11.4 Å². The summed E-state index contributed by atoms with van der Waals surface area (Å²) >= 11 is 1.16. The highest BCUT2D eigenvalue weighted by Crippen LogP contribution is 2.26. The lowest BCUT2D eigenvalue weighted by Crippen LogP contribution is -2.22. The van der Waals surface area contributed by atoms with Crippen LogP contribution in [0, 0.1) is 5.41 Å². The molecule has 0 spiro atoms. The lowest BCUT2D eigenvalue weighted by molar-refractivity contribution is -0.274. The van der Waals surface area contributed by atoms with Gasteiger partial charge in [-0.15, -0.1) is 18.3 Å². The molecule has 1 heterocycles. The van der Waals surface area contributed by atoms with E-state index in [1.165, 1.54) is 28.9 Å². The van der Waals surface area contributed by atoms with E-state index in [0.717, 1.165) is 11.8 Å². The van der Waals surface area contributed by atoms with Gasteiger partial charge in [0.2, 0.25) is 5.16 Å². The van der Waals surface area contributed by atoms with Gasteiger partial charge < -0.3 is 4.74 Å². The van der Waals surface area contributed by atoms with Crippen LogP contribution in [0.5, 0.6) is 5.75 Å². The number of hydrogen-bond acceptors (Lipinski definition) is 6. The average molecular weight is 360 g/mol. The third-order valence-corrected chi connectivity index (χ3v) is 3.84. The first-order chi connectivity index (χ1) is 11.1. The molecule has 130 valence electrons. The Kier molecular flexibility index (Phi) is 5.16. The quantitative estimate of drug-likeness (QED) is 0.762. The number of halogens is 3. The summed E-state index contributed by atoms with van der Waals surface area (Å²) in [6.07, 6.45) is -4.75. The van der Waals surface area contributed by atoms with Gasteiger partial charge in [0.25, 0.3) is 0 Å². The van der Waals surface area contributed by atoms with Crippen molar-refractivity contribution in [1.29, 1.82) is 0 Å². The number of thioether (sulfide) groups is 1. The molecule has 0 fully saturated rings. The van der Waals surface area contributed by atoms with Crippen LogP contribution in [-0.4, -0.2) is 38.1 Å². The second-order valence-electron chi connectivity index (χ2n) is 5.88. The lowest BCUT2D eigenvalue weighted by atomic mass is 9.92. The fourth-order valence-electron chi connectivity index (χ4n) is 1.57. The van der Waals surface area contributed by atoms with E-state index in [-0.39, 0.29) is 17.3 Å². The minimum Gasteiger partial charge on any atom is -0.406 e. The van der Waals surface area contributed by atoms with Crippen molar-refractivity contribution in [2.24, 2.45) is 5.41 Å². The fourth-order valence-corrected chi connectivity index (χ4v) is 2.62. The number of alkyl halides is 3. The van der Waals surface area contributed by atoms with Crippen molar-refractivity contribution < 1.29 is 22.7 Å².